The van der Waals surface area contributed by atoms with E-state index in [9.17, 15) is 4.79 Å². The average molecular weight is 321 g/mol. The van der Waals surface area contributed by atoms with E-state index >= 15 is 0 Å². The molecule has 1 aliphatic rings. The number of rotatable bonds is 1. The van der Waals surface area contributed by atoms with E-state index in [0.717, 1.165) is 27.6 Å². The molecule has 3 aromatic carbocycles. The van der Waals surface area contributed by atoms with Crippen molar-refractivity contribution in [3.63, 3.8) is 0 Å². The molecule has 0 atom stereocenters. The zero-order valence-corrected chi connectivity index (χ0v) is 13.1. The van der Waals surface area contributed by atoms with Crippen molar-refractivity contribution in [2.75, 3.05) is 0 Å². The second-order valence-electron chi connectivity index (χ2n) is 5.08. The Hall–Kier alpha value is -2.17. The molecule has 0 unspecified atom stereocenters. The topological polar surface area (TPSA) is 29.1 Å². The molecule has 0 radical (unpaired) electrons. The van der Waals surface area contributed by atoms with Gasteiger partial charge in [-0.2, -0.15) is 0 Å². The van der Waals surface area contributed by atoms with E-state index in [-0.39, 0.29) is 5.24 Å². The Bertz CT molecular complexity index is 975. The minimum absolute atomic E-state index is 0.110. The molecule has 1 aliphatic heterocycles. The maximum Gasteiger partial charge on any atom is 0.289 e. The fourth-order valence-electron chi connectivity index (χ4n) is 2.76. The molecule has 22 heavy (non-hydrogen) atoms. The predicted octanol–water partition coefficient (Wildman–Crippen LogP) is 5.12. The highest BCUT2D eigenvalue weighted by Gasteiger charge is 2.21. The molecule has 1 fully saturated rings. The second-order valence-corrected chi connectivity index (χ2v) is 6.51. The Kier molecular flexibility index (Phi) is 3.21. The molecule has 2 nitrogen and oxygen atoms in total. The Balaban J connectivity index is 2.02. The third-order valence-electron chi connectivity index (χ3n) is 3.73. The lowest BCUT2D eigenvalue weighted by atomic mass is 9.97. The van der Waals surface area contributed by atoms with Crippen molar-refractivity contribution in [3.05, 3.63) is 65.1 Å². The van der Waals surface area contributed by atoms with Gasteiger partial charge in [-0.25, -0.2) is 0 Å². The van der Waals surface area contributed by atoms with Crippen molar-refractivity contribution < 1.29 is 4.79 Å². The summed E-state index contributed by atoms with van der Waals surface area (Å²) < 4.78 is 0. The largest absolute Gasteiger partial charge is 0.307 e. The van der Waals surface area contributed by atoms with E-state index in [1.165, 1.54) is 16.2 Å². The van der Waals surface area contributed by atoms with Gasteiger partial charge >= 0.3 is 0 Å². The van der Waals surface area contributed by atoms with Gasteiger partial charge in [0.05, 0.1) is 4.91 Å². The lowest BCUT2D eigenvalue weighted by Crippen LogP contribution is -2.15. The molecule has 0 aromatic heterocycles. The van der Waals surface area contributed by atoms with Crippen LogP contribution in [0.4, 0.5) is 4.79 Å². The van der Waals surface area contributed by atoms with Crippen LogP contribution >= 0.6 is 24.0 Å². The molecule has 0 bridgehead atoms. The SMILES string of the molecule is O=C1NC(=S)C(=Cc2cc3ccccc3c3ccccc23)S1. The van der Waals surface area contributed by atoms with Gasteiger partial charge in [-0.05, 0) is 51.0 Å². The molecule has 4 heteroatoms. The van der Waals surface area contributed by atoms with Gasteiger partial charge in [0.15, 0.2) is 0 Å². The molecule has 1 amide bonds. The van der Waals surface area contributed by atoms with Crippen LogP contribution < -0.4 is 5.32 Å². The van der Waals surface area contributed by atoms with Crippen LogP contribution in [-0.2, 0) is 0 Å². The zero-order valence-electron chi connectivity index (χ0n) is 11.5. The molecule has 106 valence electrons. The van der Waals surface area contributed by atoms with E-state index in [2.05, 4.69) is 41.7 Å². The predicted molar refractivity (Wildman–Crippen MR) is 98.2 cm³/mol. The number of nitrogens with one attached hydrogen (secondary N) is 1. The first-order valence-corrected chi connectivity index (χ1v) is 8.10. The third-order valence-corrected chi connectivity index (χ3v) is 5.01. The summed E-state index contributed by atoms with van der Waals surface area (Å²) in [5.41, 5.74) is 1.08. The van der Waals surface area contributed by atoms with Gasteiger partial charge in [0, 0.05) is 0 Å². The second kappa shape index (κ2) is 5.23. The monoisotopic (exact) mass is 321 g/mol. The number of thiocarbonyl (C=S) groups is 1. The molecule has 0 aliphatic carbocycles. The summed E-state index contributed by atoms with van der Waals surface area (Å²) in [6.07, 6.45) is 2.00. The van der Waals surface area contributed by atoms with Crippen LogP contribution in [0.3, 0.4) is 0 Å². The maximum absolute atomic E-state index is 11.5. The van der Waals surface area contributed by atoms with Crippen molar-refractivity contribution in [3.8, 4) is 0 Å². The number of benzene rings is 3. The van der Waals surface area contributed by atoms with Gasteiger partial charge in [-0.15, -0.1) is 0 Å². The van der Waals surface area contributed by atoms with Gasteiger partial charge < -0.3 is 5.32 Å². The number of fused-ring (bicyclic) bond motifs is 3. The van der Waals surface area contributed by atoms with Crippen LogP contribution in [0, 0.1) is 0 Å². The van der Waals surface area contributed by atoms with E-state index in [1.54, 1.807) is 0 Å². The first-order chi connectivity index (χ1) is 10.7. The number of amides is 1. The normalized spacial score (nSPS) is 16.6. The Morgan fingerprint density at radius 2 is 1.64 bits per heavy atom. The Labute approximate surface area is 137 Å². The molecule has 1 N–H and O–H groups in total. The summed E-state index contributed by atoms with van der Waals surface area (Å²) in [6.45, 7) is 0. The van der Waals surface area contributed by atoms with Crippen LogP contribution in [0.15, 0.2) is 59.5 Å². The van der Waals surface area contributed by atoms with E-state index < -0.39 is 0 Å². The van der Waals surface area contributed by atoms with E-state index in [0.29, 0.717) is 4.99 Å². The molecule has 0 saturated carbocycles. The molecule has 4 rings (SSSR count). The minimum Gasteiger partial charge on any atom is -0.307 e. The van der Waals surface area contributed by atoms with Crippen LogP contribution in [0.1, 0.15) is 5.56 Å². The van der Waals surface area contributed by atoms with Crippen LogP contribution in [0.2, 0.25) is 0 Å². The fourth-order valence-corrected chi connectivity index (χ4v) is 3.79. The van der Waals surface area contributed by atoms with Crippen molar-refractivity contribution in [2.24, 2.45) is 0 Å². The molecule has 1 saturated heterocycles. The average Bonchev–Trinajstić information content (AvgIpc) is 2.85. The van der Waals surface area contributed by atoms with Crippen molar-refractivity contribution in [1.82, 2.24) is 5.32 Å². The van der Waals surface area contributed by atoms with E-state index in [1.807, 2.05) is 24.3 Å². The minimum atomic E-state index is -0.110. The highest BCUT2D eigenvalue weighted by atomic mass is 32.2. The Morgan fingerprint density at radius 1 is 0.955 bits per heavy atom. The summed E-state index contributed by atoms with van der Waals surface area (Å²) in [5, 5.41) is 7.34. The molecule has 3 aromatic rings. The quantitative estimate of drug-likeness (QED) is 0.383. The number of hydrogen-bond acceptors (Lipinski definition) is 3. The standard InChI is InChI=1S/C18H11NOS2/c20-18-19-17(21)16(22-18)10-12-9-11-5-1-2-6-13(11)15-8-4-3-7-14(12)15/h1-10H,(H,19,20,21). The first kappa shape index (κ1) is 13.5. The van der Waals surface area contributed by atoms with Gasteiger partial charge in [-0.3, -0.25) is 4.79 Å². The van der Waals surface area contributed by atoms with Crippen LogP contribution in [0.25, 0.3) is 27.6 Å². The summed E-state index contributed by atoms with van der Waals surface area (Å²) >= 11 is 6.37. The molecular weight excluding hydrogens is 310 g/mol. The van der Waals surface area contributed by atoms with Gasteiger partial charge in [0.25, 0.3) is 5.24 Å². The number of carbonyl (C=O) groups excluding carboxylic acids is 1. The van der Waals surface area contributed by atoms with Crippen molar-refractivity contribution >= 4 is 61.8 Å². The fraction of sp³-hybridized carbons (Fsp3) is 0. The highest BCUT2D eigenvalue weighted by Crippen LogP contribution is 2.33. The molecular formula is C18H11NOS2. The maximum atomic E-state index is 11.5. The summed E-state index contributed by atoms with van der Waals surface area (Å²) in [6, 6.07) is 18.8. The summed E-state index contributed by atoms with van der Waals surface area (Å²) in [5.74, 6) is 0. The van der Waals surface area contributed by atoms with Gasteiger partial charge in [-0.1, -0.05) is 60.7 Å². The van der Waals surface area contributed by atoms with Gasteiger partial charge in [0.2, 0.25) is 0 Å². The van der Waals surface area contributed by atoms with Crippen molar-refractivity contribution in [1.29, 1.82) is 0 Å². The number of carbonyl (C=O) groups is 1. The van der Waals surface area contributed by atoms with Crippen molar-refractivity contribution in [2.45, 2.75) is 0 Å². The van der Waals surface area contributed by atoms with Crippen LogP contribution in [0.5, 0.6) is 0 Å². The Morgan fingerprint density at radius 3 is 2.36 bits per heavy atom. The lowest BCUT2D eigenvalue weighted by molar-refractivity contribution is 0.265. The molecule has 1 heterocycles. The number of thioether (sulfide) groups is 1. The number of hydrogen-bond donors (Lipinski definition) is 1. The van der Waals surface area contributed by atoms with Crippen LogP contribution in [-0.4, -0.2) is 10.2 Å². The smallest absolute Gasteiger partial charge is 0.289 e. The summed E-state index contributed by atoms with van der Waals surface area (Å²) in [7, 11) is 0. The van der Waals surface area contributed by atoms with Gasteiger partial charge in [0.1, 0.15) is 4.99 Å². The lowest BCUT2D eigenvalue weighted by Gasteiger charge is -2.08. The van der Waals surface area contributed by atoms with E-state index in [4.69, 9.17) is 12.2 Å². The zero-order chi connectivity index (χ0) is 15.1. The first-order valence-electron chi connectivity index (χ1n) is 6.88. The third kappa shape index (κ3) is 2.21. The molecule has 0 spiro atoms. The summed E-state index contributed by atoms with van der Waals surface area (Å²) in [4.78, 5) is 12.8. The highest BCUT2D eigenvalue weighted by molar-refractivity contribution is 8.19.